The van der Waals surface area contributed by atoms with Crippen LogP contribution in [0.3, 0.4) is 0 Å². The predicted molar refractivity (Wildman–Crippen MR) is 236 cm³/mol. The lowest BCUT2D eigenvalue weighted by atomic mass is 9.55. The van der Waals surface area contributed by atoms with Crippen molar-refractivity contribution in [2.75, 3.05) is 17.2 Å². The van der Waals surface area contributed by atoms with Gasteiger partial charge in [0.1, 0.15) is 17.3 Å². The summed E-state index contributed by atoms with van der Waals surface area (Å²) in [7, 11) is 0. The second kappa shape index (κ2) is 17.2. The molecule has 15 heteroatoms. The fourth-order valence-corrected chi connectivity index (χ4v) is 11.3. The standard InChI is InChI=1S/C48H47Cl2FN6O6/c49-30-16-19-33-35(25-30)54-46(63)48(33)39(32-12-8-13-34(50)40(32)51)41(56-47(48)22-4-2-5-23-47)44(61)53-31-17-14-28(15-18-31)42(59)52-24-6-1-3-9-27-10-7-11-29-26-57(45(62)38(27)29)36-20-21-37(58)55-43(36)60/h7-8,10-19,25,36,39,41,56H,1-6,9,20-24,26H2,(H,52,59)(H,53,61)(H,54,63)(H,55,58,60)/t36?,39-,41+,48+/m0/s1. The number of nitrogens with zero attached hydrogens (tertiary/aromatic N) is 1. The van der Waals surface area contributed by atoms with E-state index < -0.39 is 46.6 Å². The molecule has 4 heterocycles. The number of imide groups is 1. The number of anilines is 2. The average molecular weight is 894 g/mol. The zero-order valence-corrected chi connectivity index (χ0v) is 36.0. The molecule has 1 unspecified atom stereocenters. The molecule has 63 heavy (non-hydrogen) atoms. The number of nitrogens with one attached hydrogen (secondary N) is 5. The summed E-state index contributed by atoms with van der Waals surface area (Å²) in [5.74, 6) is -3.64. The first-order valence-electron chi connectivity index (χ1n) is 21.7. The second-order valence-corrected chi connectivity index (χ2v) is 18.2. The molecule has 4 atom stereocenters. The van der Waals surface area contributed by atoms with Gasteiger partial charge in [-0.2, -0.15) is 0 Å². The van der Waals surface area contributed by atoms with E-state index in [1.807, 2.05) is 24.3 Å². The van der Waals surface area contributed by atoms with Crippen molar-refractivity contribution in [3.05, 3.63) is 128 Å². The van der Waals surface area contributed by atoms with Gasteiger partial charge in [-0.05, 0) is 103 Å². The van der Waals surface area contributed by atoms with Gasteiger partial charge >= 0.3 is 0 Å². The minimum Gasteiger partial charge on any atom is -0.352 e. The van der Waals surface area contributed by atoms with E-state index in [9.17, 15) is 28.8 Å². The van der Waals surface area contributed by atoms with Crippen LogP contribution in [0.25, 0.3) is 0 Å². The lowest BCUT2D eigenvalue weighted by Gasteiger charge is -2.47. The van der Waals surface area contributed by atoms with Gasteiger partial charge in [-0.1, -0.05) is 85.3 Å². The minimum absolute atomic E-state index is 0.107. The van der Waals surface area contributed by atoms with Gasteiger partial charge in [-0.25, -0.2) is 4.39 Å². The molecule has 4 aromatic carbocycles. The monoisotopic (exact) mass is 892 g/mol. The maximum Gasteiger partial charge on any atom is 0.255 e. The number of unbranched alkanes of at least 4 members (excludes halogenated alkanes) is 2. The maximum atomic E-state index is 16.2. The number of hydrogen-bond donors (Lipinski definition) is 5. The molecule has 1 saturated carbocycles. The molecule has 5 N–H and O–H groups in total. The minimum atomic E-state index is -1.36. The number of hydrogen-bond acceptors (Lipinski definition) is 7. The van der Waals surface area contributed by atoms with E-state index in [2.05, 4.69) is 26.6 Å². The number of fused-ring (bicyclic) bond motifs is 4. The van der Waals surface area contributed by atoms with Crippen LogP contribution in [0.4, 0.5) is 15.8 Å². The summed E-state index contributed by atoms with van der Waals surface area (Å²) in [5, 5.41) is 15.3. The molecule has 4 aromatic rings. The van der Waals surface area contributed by atoms with Gasteiger partial charge in [0.25, 0.3) is 11.8 Å². The van der Waals surface area contributed by atoms with E-state index in [4.69, 9.17) is 23.2 Å². The van der Waals surface area contributed by atoms with Crippen molar-refractivity contribution < 1.29 is 33.2 Å². The molecule has 2 spiro atoms. The number of amides is 6. The first kappa shape index (κ1) is 42.7. The largest absolute Gasteiger partial charge is 0.352 e. The SMILES string of the molecule is O=C1CCC(N2Cc3cccc(CCCCCNC(=O)c4ccc(NC(=O)[C@@H]5NC6(CCCCC6)[C@@]6(C(=O)Nc7cc(Cl)ccc76)[C@H]5c5cccc(Cl)c5F)cc4)c3C2=O)C(=O)N1. The summed E-state index contributed by atoms with van der Waals surface area (Å²) < 4.78 is 16.2. The van der Waals surface area contributed by atoms with Crippen LogP contribution in [0.15, 0.2) is 78.9 Å². The summed E-state index contributed by atoms with van der Waals surface area (Å²) in [6, 6.07) is 20.5. The number of benzene rings is 4. The first-order valence-corrected chi connectivity index (χ1v) is 22.4. The van der Waals surface area contributed by atoms with Crippen molar-refractivity contribution >= 4 is 70.0 Å². The van der Waals surface area contributed by atoms with Gasteiger partial charge in [0.15, 0.2) is 0 Å². The maximum absolute atomic E-state index is 16.2. The topological polar surface area (TPSA) is 166 Å². The Kier molecular flexibility index (Phi) is 11.6. The summed E-state index contributed by atoms with van der Waals surface area (Å²) >= 11 is 12.8. The molecule has 2 saturated heterocycles. The number of aryl methyl sites for hydroxylation is 1. The predicted octanol–water partition coefficient (Wildman–Crippen LogP) is 7.32. The second-order valence-electron chi connectivity index (χ2n) is 17.3. The van der Waals surface area contributed by atoms with Gasteiger partial charge in [-0.3, -0.25) is 39.4 Å². The third-order valence-electron chi connectivity index (χ3n) is 13.8. The molecule has 0 radical (unpaired) electrons. The highest BCUT2D eigenvalue weighted by Crippen LogP contribution is 2.63. The Balaban J connectivity index is 0.838. The Labute approximate surface area is 374 Å². The van der Waals surface area contributed by atoms with Crippen molar-refractivity contribution in [1.29, 1.82) is 0 Å². The van der Waals surface area contributed by atoms with Crippen molar-refractivity contribution in [3.63, 3.8) is 0 Å². The third kappa shape index (κ3) is 7.47. The van der Waals surface area contributed by atoms with E-state index in [1.54, 1.807) is 53.4 Å². The normalized spacial score (nSPS) is 23.4. The first-order chi connectivity index (χ1) is 30.4. The molecule has 4 aliphatic heterocycles. The number of carbonyl (C=O) groups is 6. The molecule has 5 aliphatic rings. The van der Waals surface area contributed by atoms with E-state index >= 15 is 4.39 Å². The average Bonchev–Trinajstić information content (AvgIpc) is 3.87. The van der Waals surface area contributed by atoms with Gasteiger partial charge < -0.3 is 20.9 Å². The lowest BCUT2D eigenvalue weighted by molar-refractivity contribution is -0.137. The highest BCUT2D eigenvalue weighted by atomic mass is 35.5. The van der Waals surface area contributed by atoms with Gasteiger partial charge in [-0.15, -0.1) is 0 Å². The summed E-state index contributed by atoms with van der Waals surface area (Å²) in [4.78, 5) is 81.4. The van der Waals surface area contributed by atoms with Crippen LogP contribution in [0, 0.1) is 5.82 Å². The Morgan fingerprint density at radius 1 is 0.873 bits per heavy atom. The zero-order chi connectivity index (χ0) is 44.0. The Hall–Kier alpha value is -5.63. The Morgan fingerprint density at radius 3 is 2.43 bits per heavy atom. The van der Waals surface area contributed by atoms with Crippen LogP contribution in [0.2, 0.25) is 10.0 Å². The molecule has 3 fully saturated rings. The molecule has 0 bridgehead atoms. The smallest absolute Gasteiger partial charge is 0.255 e. The van der Waals surface area contributed by atoms with Crippen LogP contribution in [-0.2, 0) is 37.6 Å². The highest BCUT2D eigenvalue weighted by Gasteiger charge is 2.72. The molecule has 0 aromatic heterocycles. The van der Waals surface area contributed by atoms with Gasteiger partial charge in [0.2, 0.25) is 23.6 Å². The number of carbonyl (C=O) groups excluding carboxylic acids is 6. The fraction of sp³-hybridized carbons (Fsp3) is 0.375. The molecule has 1 aliphatic carbocycles. The highest BCUT2D eigenvalue weighted by molar-refractivity contribution is 6.31. The van der Waals surface area contributed by atoms with Crippen LogP contribution in [0.5, 0.6) is 0 Å². The molecule has 9 rings (SSSR count). The van der Waals surface area contributed by atoms with Crippen LogP contribution < -0.4 is 26.6 Å². The summed E-state index contributed by atoms with van der Waals surface area (Å²) in [5.41, 5.74) is 2.41. The van der Waals surface area contributed by atoms with E-state index in [0.29, 0.717) is 78.3 Å². The van der Waals surface area contributed by atoms with Crippen LogP contribution in [-0.4, -0.2) is 64.5 Å². The molecule has 326 valence electrons. The zero-order valence-electron chi connectivity index (χ0n) is 34.5. The third-order valence-corrected chi connectivity index (χ3v) is 14.3. The van der Waals surface area contributed by atoms with Crippen LogP contribution >= 0.6 is 23.2 Å². The van der Waals surface area contributed by atoms with E-state index in [-0.39, 0.29) is 40.6 Å². The molecular formula is C48H47Cl2FN6O6. The molecule has 6 amide bonds. The Morgan fingerprint density at radius 2 is 1.65 bits per heavy atom. The van der Waals surface area contributed by atoms with Gasteiger partial charge in [0.05, 0.1) is 11.1 Å². The number of piperidine rings is 1. The molecular weight excluding hydrogens is 846 g/mol. The molecule has 12 nitrogen and oxygen atoms in total. The lowest BCUT2D eigenvalue weighted by Crippen LogP contribution is -2.60. The summed E-state index contributed by atoms with van der Waals surface area (Å²) in [6.07, 6.45) is 7.30. The van der Waals surface area contributed by atoms with Crippen molar-refractivity contribution in [3.8, 4) is 0 Å². The van der Waals surface area contributed by atoms with E-state index in [1.165, 1.54) is 6.07 Å². The summed E-state index contributed by atoms with van der Waals surface area (Å²) in [6.45, 7) is 0.776. The number of rotatable bonds is 11. The van der Waals surface area contributed by atoms with Crippen molar-refractivity contribution in [2.24, 2.45) is 0 Å². The Bertz CT molecular complexity index is 2550. The van der Waals surface area contributed by atoms with Crippen molar-refractivity contribution in [2.45, 2.75) is 106 Å². The quantitative estimate of drug-likeness (QED) is 0.0778. The fourth-order valence-electron chi connectivity index (χ4n) is 11.0. The van der Waals surface area contributed by atoms with Crippen molar-refractivity contribution in [1.82, 2.24) is 20.9 Å². The van der Waals surface area contributed by atoms with Crippen LogP contribution in [0.1, 0.15) is 113 Å². The van der Waals surface area contributed by atoms with Gasteiger partial charge in [0, 0.05) is 58.5 Å². The number of halogens is 3. The van der Waals surface area contributed by atoms with E-state index in [0.717, 1.165) is 43.2 Å².